The fourth-order valence-electron chi connectivity index (χ4n) is 1.81. The smallest absolute Gasteiger partial charge is 0.407 e. The SMILES string of the molecule is COc1cc(C=CCNC(=O)OC(C)(C)C)c(OC)cc1C=O. The van der Waals surface area contributed by atoms with Gasteiger partial charge in [0.15, 0.2) is 6.29 Å². The van der Waals surface area contributed by atoms with E-state index in [9.17, 15) is 9.59 Å². The summed E-state index contributed by atoms with van der Waals surface area (Å²) in [5.41, 5.74) is 0.615. The molecule has 1 aromatic carbocycles. The molecule has 0 aliphatic heterocycles. The van der Waals surface area contributed by atoms with Crippen molar-refractivity contribution >= 4 is 18.5 Å². The third-order valence-corrected chi connectivity index (χ3v) is 2.77. The Morgan fingerprint density at radius 3 is 2.22 bits per heavy atom. The van der Waals surface area contributed by atoms with E-state index in [-0.39, 0.29) is 0 Å². The molecule has 1 N–H and O–H groups in total. The zero-order valence-corrected chi connectivity index (χ0v) is 14.1. The number of hydrogen-bond donors (Lipinski definition) is 1. The van der Waals surface area contributed by atoms with Crippen molar-refractivity contribution in [1.82, 2.24) is 5.32 Å². The fraction of sp³-hybridized carbons (Fsp3) is 0.412. The average Bonchev–Trinajstić information content (AvgIpc) is 2.48. The lowest BCUT2D eigenvalue weighted by molar-refractivity contribution is 0.0534. The summed E-state index contributed by atoms with van der Waals surface area (Å²) >= 11 is 0. The van der Waals surface area contributed by atoms with Gasteiger partial charge in [-0.2, -0.15) is 0 Å². The predicted octanol–water partition coefficient (Wildman–Crippen LogP) is 3.05. The summed E-state index contributed by atoms with van der Waals surface area (Å²) in [4.78, 5) is 22.5. The van der Waals surface area contributed by atoms with Crippen molar-refractivity contribution in [3.8, 4) is 11.5 Å². The van der Waals surface area contributed by atoms with E-state index in [0.717, 1.165) is 5.56 Å². The van der Waals surface area contributed by atoms with Gasteiger partial charge in [0.2, 0.25) is 0 Å². The zero-order valence-electron chi connectivity index (χ0n) is 14.1. The Morgan fingerprint density at radius 1 is 1.13 bits per heavy atom. The van der Waals surface area contributed by atoms with Crippen LogP contribution in [0.3, 0.4) is 0 Å². The van der Waals surface area contributed by atoms with Crippen LogP contribution in [0.2, 0.25) is 0 Å². The fourth-order valence-corrected chi connectivity index (χ4v) is 1.81. The van der Waals surface area contributed by atoms with Gasteiger partial charge in [-0.05, 0) is 32.9 Å². The molecule has 1 rings (SSSR count). The van der Waals surface area contributed by atoms with E-state index in [1.54, 1.807) is 45.1 Å². The molecule has 0 saturated carbocycles. The van der Waals surface area contributed by atoms with Crippen LogP contribution in [0, 0.1) is 0 Å². The molecule has 1 amide bonds. The van der Waals surface area contributed by atoms with Gasteiger partial charge in [-0.25, -0.2) is 4.79 Å². The molecule has 0 bridgehead atoms. The van der Waals surface area contributed by atoms with Gasteiger partial charge in [0.05, 0.1) is 19.8 Å². The third kappa shape index (κ3) is 6.02. The number of hydrogen-bond acceptors (Lipinski definition) is 5. The third-order valence-electron chi connectivity index (χ3n) is 2.77. The van der Waals surface area contributed by atoms with Gasteiger partial charge in [-0.3, -0.25) is 4.79 Å². The van der Waals surface area contributed by atoms with E-state index in [2.05, 4.69) is 5.32 Å². The molecule has 23 heavy (non-hydrogen) atoms. The maximum absolute atomic E-state index is 11.5. The first-order chi connectivity index (χ1) is 10.8. The summed E-state index contributed by atoms with van der Waals surface area (Å²) in [6, 6.07) is 3.30. The topological polar surface area (TPSA) is 73.9 Å². The zero-order chi connectivity index (χ0) is 17.5. The normalized spacial score (nSPS) is 11.2. The average molecular weight is 321 g/mol. The number of carbonyl (C=O) groups excluding carboxylic acids is 2. The van der Waals surface area contributed by atoms with Crippen molar-refractivity contribution in [3.05, 3.63) is 29.3 Å². The van der Waals surface area contributed by atoms with Gasteiger partial charge in [0.25, 0.3) is 0 Å². The molecule has 6 nitrogen and oxygen atoms in total. The number of ether oxygens (including phenoxy) is 3. The molecule has 126 valence electrons. The predicted molar refractivity (Wildman–Crippen MR) is 88.2 cm³/mol. The lowest BCUT2D eigenvalue weighted by atomic mass is 10.1. The molecular formula is C17H23NO5. The van der Waals surface area contributed by atoms with Crippen LogP contribution >= 0.6 is 0 Å². The molecule has 6 heteroatoms. The Balaban J connectivity index is 2.76. The van der Waals surface area contributed by atoms with Crippen LogP contribution in [0.4, 0.5) is 4.79 Å². The Hall–Kier alpha value is -2.50. The summed E-state index contributed by atoms with van der Waals surface area (Å²) in [6.45, 7) is 5.70. The van der Waals surface area contributed by atoms with Crippen LogP contribution in [0.25, 0.3) is 6.08 Å². The molecule has 0 spiro atoms. The molecule has 0 radical (unpaired) electrons. The largest absolute Gasteiger partial charge is 0.496 e. The van der Waals surface area contributed by atoms with Gasteiger partial charge in [-0.15, -0.1) is 0 Å². The van der Waals surface area contributed by atoms with Crippen molar-refractivity contribution in [2.24, 2.45) is 0 Å². The second-order valence-electron chi connectivity index (χ2n) is 5.74. The maximum atomic E-state index is 11.5. The summed E-state index contributed by atoms with van der Waals surface area (Å²) < 4.78 is 15.6. The summed E-state index contributed by atoms with van der Waals surface area (Å²) in [7, 11) is 3.01. The monoisotopic (exact) mass is 321 g/mol. The molecule has 0 heterocycles. The summed E-state index contributed by atoms with van der Waals surface area (Å²) in [6.07, 6.45) is 3.75. The van der Waals surface area contributed by atoms with Crippen molar-refractivity contribution in [2.75, 3.05) is 20.8 Å². The van der Waals surface area contributed by atoms with E-state index in [0.29, 0.717) is 29.9 Å². The first-order valence-electron chi connectivity index (χ1n) is 7.15. The van der Waals surface area contributed by atoms with Crippen LogP contribution in [-0.4, -0.2) is 38.7 Å². The second kappa shape index (κ2) is 8.22. The molecule has 0 aliphatic rings. The summed E-state index contributed by atoms with van der Waals surface area (Å²) in [5, 5.41) is 2.62. The van der Waals surface area contributed by atoms with E-state index in [4.69, 9.17) is 14.2 Å². The van der Waals surface area contributed by atoms with Gasteiger partial charge in [-0.1, -0.05) is 12.2 Å². The van der Waals surface area contributed by atoms with Crippen LogP contribution in [-0.2, 0) is 4.74 Å². The highest BCUT2D eigenvalue weighted by atomic mass is 16.6. The van der Waals surface area contributed by atoms with E-state index < -0.39 is 11.7 Å². The first-order valence-corrected chi connectivity index (χ1v) is 7.15. The van der Waals surface area contributed by atoms with Crippen LogP contribution in [0.1, 0.15) is 36.7 Å². The molecule has 0 unspecified atom stereocenters. The quantitative estimate of drug-likeness (QED) is 0.815. The minimum atomic E-state index is -0.533. The second-order valence-corrected chi connectivity index (χ2v) is 5.74. The first kappa shape index (κ1) is 18.5. The minimum absolute atomic E-state index is 0.301. The molecule has 0 fully saturated rings. The van der Waals surface area contributed by atoms with Crippen molar-refractivity contribution in [1.29, 1.82) is 0 Å². The number of nitrogens with one attached hydrogen (secondary N) is 1. The van der Waals surface area contributed by atoms with Crippen LogP contribution in [0.5, 0.6) is 11.5 Å². The maximum Gasteiger partial charge on any atom is 0.407 e. The molecule has 0 aromatic heterocycles. The van der Waals surface area contributed by atoms with Crippen molar-refractivity contribution in [3.63, 3.8) is 0 Å². The molecule has 0 atom stereocenters. The molecule has 0 saturated heterocycles. The number of alkyl carbamates (subject to hydrolysis) is 1. The number of rotatable bonds is 6. The Labute approximate surface area is 136 Å². The number of benzene rings is 1. The standard InChI is InChI=1S/C17H23NO5/c1-17(2,3)23-16(20)18-8-6-7-12-9-15(22-5)13(11-19)10-14(12)21-4/h6-7,9-11H,8H2,1-5H3,(H,18,20). The molecule has 1 aromatic rings. The highest BCUT2D eigenvalue weighted by Gasteiger charge is 2.15. The van der Waals surface area contributed by atoms with E-state index in [1.165, 1.54) is 14.2 Å². The molecular weight excluding hydrogens is 298 g/mol. The van der Waals surface area contributed by atoms with Gasteiger partial charge < -0.3 is 19.5 Å². The lowest BCUT2D eigenvalue weighted by Gasteiger charge is -2.19. The van der Waals surface area contributed by atoms with E-state index in [1.807, 2.05) is 0 Å². The van der Waals surface area contributed by atoms with E-state index >= 15 is 0 Å². The van der Waals surface area contributed by atoms with Crippen LogP contribution < -0.4 is 14.8 Å². The Morgan fingerprint density at radius 2 is 1.70 bits per heavy atom. The number of amides is 1. The molecule has 0 aliphatic carbocycles. The Bertz CT molecular complexity index is 587. The van der Waals surface area contributed by atoms with Gasteiger partial charge in [0, 0.05) is 12.1 Å². The minimum Gasteiger partial charge on any atom is -0.496 e. The number of aldehydes is 1. The summed E-state index contributed by atoms with van der Waals surface area (Å²) in [5.74, 6) is 1.00. The number of carbonyl (C=O) groups is 2. The van der Waals surface area contributed by atoms with Crippen LogP contribution in [0.15, 0.2) is 18.2 Å². The highest BCUT2D eigenvalue weighted by molar-refractivity contribution is 5.82. The number of methoxy groups -OCH3 is 2. The van der Waals surface area contributed by atoms with Crippen molar-refractivity contribution in [2.45, 2.75) is 26.4 Å². The van der Waals surface area contributed by atoms with Crippen molar-refractivity contribution < 1.29 is 23.8 Å². The Kier molecular flexibility index (Phi) is 6.63. The van der Waals surface area contributed by atoms with Gasteiger partial charge in [0.1, 0.15) is 17.1 Å². The highest BCUT2D eigenvalue weighted by Crippen LogP contribution is 2.28. The van der Waals surface area contributed by atoms with Gasteiger partial charge >= 0.3 is 6.09 Å². The lowest BCUT2D eigenvalue weighted by Crippen LogP contribution is -2.32.